The summed E-state index contributed by atoms with van der Waals surface area (Å²) in [4.78, 5) is 36.7. The van der Waals surface area contributed by atoms with E-state index in [1.165, 1.54) is 13.0 Å². The molecule has 1 saturated heterocycles. The Balaban J connectivity index is 1.33. The lowest BCUT2D eigenvalue weighted by Gasteiger charge is -2.39. The van der Waals surface area contributed by atoms with Crippen molar-refractivity contribution in [2.24, 2.45) is 11.7 Å². The Kier molecular flexibility index (Phi) is 8.23. The predicted octanol–water partition coefficient (Wildman–Crippen LogP) is 4.74. The number of hydrogen-bond donors (Lipinski definition) is 3. The zero-order valence-electron chi connectivity index (χ0n) is 24.6. The normalized spacial score (nSPS) is 17.7. The molecule has 2 fully saturated rings. The Morgan fingerprint density at radius 3 is 2.72 bits per heavy atom. The van der Waals surface area contributed by atoms with Crippen LogP contribution in [-0.2, 0) is 17.9 Å². The van der Waals surface area contributed by atoms with Gasteiger partial charge < -0.3 is 25.8 Å². The summed E-state index contributed by atoms with van der Waals surface area (Å²) in [5.74, 6) is -0.727. The summed E-state index contributed by atoms with van der Waals surface area (Å²) >= 11 is 0. The van der Waals surface area contributed by atoms with E-state index in [2.05, 4.69) is 36.1 Å². The van der Waals surface area contributed by atoms with Crippen LogP contribution < -0.4 is 26.7 Å². The molecule has 43 heavy (non-hydrogen) atoms. The third-order valence-electron chi connectivity index (χ3n) is 8.56. The van der Waals surface area contributed by atoms with Gasteiger partial charge >= 0.3 is 0 Å². The highest BCUT2D eigenvalue weighted by molar-refractivity contribution is 5.92. The van der Waals surface area contributed by atoms with Gasteiger partial charge in [-0.25, -0.2) is 4.39 Å². The van der Waals surface area contributed by atoms with E-state index in [4.69, 9.17) is 5.73 Å². The number of piperidine rings is 1. The molecule has 2 aliphatic rings. The molecule has 224 valence electrons. The van der Waals surface area contributed by atoms with Crippen LogP contribution in [0.2, 0.25) is 0 Å². The van der Waals surface area contributed by atoms with Gasteiger partial charge in [-0.3, -0.25) is 19.6 Å². The van der Waals surface area contributed by atoms with Crippen molar-refractivity contribution < 1.29 is 9.18 Å². The minimum absolute atomic E-state index is 0.0575. The first-order chi connectivity index (χ1) is 20.8. The number of nitrogens with one attached hydrogen (secondary N) is 2. The topological polar surface area (TPSA) is 118 Å². The molecule has 1 amide bonds. The van der Waals surface area contributed by atoms with Crippen molar-refractivity contribution in [3.63, 3.8) is 0 Å². The molecule has 4 heterocycles. The number of amides is 1. The summed E-state index contributed by atoms with van der Waals surface area (Å²) in [6.45, 7) is 5.79. The maximum atomic E-state index is 15.0. The van der Waals surface area contributed by atoms with Crippen LogP contribution >= 0.6 is 0 Å². The number of benzene rings is 1. The van der Waals surface area contributed by atoms with Gasteiger partial charge in [0.15, 0.2) is 5.43 Å². The van der Waals surface area contributed by atoms with E-state index in [9.17, 15) is 14.0 Å². The lowest BCUT2D eigenvalue weighted by atomic mass is 9.86. The van der Waals surface area contributed by atoms with Crippen molar-refractivity contribution in [2.75, 3.05) is 23.3 Å². The van der Waals surface area contributed by atoms with Gasteiger partial charge in [0.05, 0.1) is 28.8 Å². The molecular weight excluding hydrogens is 545 g/mol. The molecule has 9 nitrogen and oxygen atoms in total. The van der Waals surface area contributed by atoms with Crippen LogP contribution in [0.1, 0.15) is 67.2 Å². The highest BCUT2D eigenvalue weighted by atomic mass is 19.1. The summed E-state index contributed by atoms with van der Waals surface area (Å²) in [7, 11) is 0. The van der Waals surface area contributed by atoms with Gasteiger partial charge in [-0.15, -0.1) is 0 Å². The van der Waals surface area contributed by atoms with E-state index >= 15 is 0 Å². The van der Waals surface area contributed by atoms with Crippen LogP contribution in [0.4, 0.5) is 15.8 Å². The van der Waals surface area contributed by atoms with Gasteiger partial charge in [0.1, 0.15) is 5.82 Å². The monoisotopic (exact) mass is 583 g/mol. The number of pyridine rings is 3. The van der Waals surface area contributed by atoms with Gasteiger partial charge in [0.25, 0.3) is 0 Å². The average Bonchev–Trinajstić information content (AvgIpc) is 3.85. The molecule has 0 radical (unpaired) electrons. The summed E-state index contributed by atoms with van der Waals surface area (Å²) < 4.78 is 17.1. The van der Waals surface area contributed by atoms with E-state index in [-0.39, 0.29) is 35.0 Å². The van der Waals surface area contributed by atoms with Crippen molar-refractivity contribution in [1.29, 1.82) is 0 Å². The summed E-state index contributed by atoms with van der Waals surface area (Å²) in [5, 5.41) is 6.59. The van der Waals surface area contributed by atoms with Crippen LogP contribution in [0.25, 0.3) is 10.9 Å². The lowest BCUT2D eigenvalue weighted by molar-refractivity contribution is -0.114. The average molecular weight is 584 g/mol. The van der Waals surface area contributed by atoms with Gasteiger partial charge in [0.2, 0.25) is 5.91 Å². The molecule has 3 aromatic heterocycles. The second-order valence-electron chi connectivity index (χ2n) is 11.8. The Morgan fingerprint density at radius 2 is 2.00 bits per heavy atom. The summed E-state index contributed by atoms with van der Waals surface area (Å²) in [5.41, 5.74) is 11.0. The number of nitrogens with zero attached hydrogens (tertiary/aromatic N) is 4. The minimum atomic E-state index is -0.621. The Hall–Kier alpha value is -4.15. The molecule has 1 unspecified atom stereocenters. The second-order valence-corrected chi connectivity index (χ2v) is 11.8. The number of aromatic nitrogens is 3. The molecule has 0 bridgehead atoms. The van der Waals surface area contributed by atoms with E-state index in [0.29, 0.717) is 29.6 Å². The highest BCUT2D eigenvalue weighted by Gasteiger charge is 2.30. The molecule has 1 aromatic carbocycles. The Bertz CT molecular complexity index is 1700. The number of carbonyl (C=O) groups is 1. The van der Waals surface area contributed by atoms with Gasteiger partial charge in [-0.2, -0.15) is 0 Å². The molecule has 4 aromatic rings. The van der Waals surface area contributed by atoms with Crippen molar-refractivity contribution >= 4 is 28.2 Å². The van der Waals surface area contributed by atoms with E-state index in [1.54, 1.807) is 12.3 Å². The molecule has 2 atom stereocenters. The fourth-order valence-electron chi connectivity index (χ4n) is 6.23. The molecular formula is C33H38FN7O2. The molecule has 10 heteroatoms. The smallest absolute Gasteiger partial charge is 0.221 e. The number of fused-ring (bicyclic) bond motifs is 1. The van der Waals surface area contributed by atoms with Gasteiger partial charge in [0, 0.05) is 74.2 Å². The van der Waals surface area contributed by atoms with Crippen LogP contribution in [0, 0.1) is 18.7 Å². The quantitative estimate of drug-likeness (QED) is 0.261. The highest BCUT2D eigenvalue weighted by Crippen LogP contribution is 2.38. The van der Waals surface area contributed by atoms with E-state index < -0.39 is 5.82 Å². The van der Waals surface area contributed by atoms with Crippen molar-refractivity contribution in [3.05, 3.63) is 93.5 Å². The summed E-state index contributed by atoms with van der Waals surface area (Å²) in [6, 6.07) is 11.3. The standard InChI is InChI=1S/C33H38FN7O2/c1-20-5-6-27(17-37-20)40-11-3-4-23(18-40)32(22-9-10-36-25(12-22)15-35)38-16-24-19-41(26-7-8-26)31-14-30(39-21(2)42)29(34)13-28(31)33(24)43/h5-6,9-10,12-14,17,19,23,26,32,38H,3-4,7-8,11,15-16,18,35H2,1-2H3,(H,39,42)/t23-,32?/m0/s1. The first kappa shape index (κ1) is 28.9. The number of carbonyl (C=O) groups excluding carboxylic acids is 1. The van der Waals surface area contributed by atoms with Crippen LogP contribution in [0.3, 0.4) is 0 Å². The van der Waals surface area contributed by atoms with Crippen LogP contribution in [0.5, 0.6) is 0 Å². The molecule has 6 rings (SSSR count). The van der Waals surface area contributed by atoms with Gasteiger partial charge in [-0.05, 0) is 80.5 Å². The summed E-state index contributed by atoms with van der Waals surface area (Å²) in [6.07, 6.45) is 9.68. The first-order valence-corrected chi connectivity index (χ1v) is 15.0. The largest absolute Gasteiger partial charge is 0.370 e. The number of hydrogen-bond acceptors (Lipinski definition) is 7. The zero-order chi connectivity index (χ0) is 30.1. The first-order valence-electron chi connectivity index (χ1n) is 15.0. The maximum Gasteiger partial charge on any atom is 0.221 e. The lowest BCUT2D eigenvalue weighted by Crippen LogP contribution is -2.42. The van der Waals surface area contributed by atoms with Crippen molar-refractivity contribution in [2.45, 2.75) is 64.7 Å². The molecule has 1 saturated carbocycles. The maximum absolute atomic E-state index is 15.0. The number of nitrogens with two attached hydrogens (primary N) is 1. The third-order valence-corrected chi connectivity index (χ3v) is 8.56. The Labute approximate surface area is 250 Å². The molecule has 0 spiro atoms. The van der Waals surface area contributed by atoms with Crippen LogP contribution in [-0.4, -0.2) is 33.5 Å². The van der Waals surface area contributed by atoms with Gasteiger partial charge in [-0.1, -0.05) is 0 Å². The molecule has 4 N–H and O–H groups in total. The zero-order valence-corrected chi connectivity index (χ0v) is 24.6. The predicted molar refractivity (Wildman–Crippen MR) is 166 cm³/mol. The number of halogens is 1. The third kappa shape index (κ3) is 6.30. The second kappa shape index (κ2) is 12.2. The fourth-order valence-corrected chi connectivity index (χ4v) is 6.23. The van der Waals surface area contributed by atoms with E-state index in [1.807, 2.05) is 37.5 Å². The minimum Gasteiger partial charge on any atom is -0.370 e. The fraction of sp³-hybridized carbons (Fsp3) is 0.394. The van der Waals surface area contributed by atoms with E-state index in [0.717, 1.165) is 61.4 Å². The number of anilines is 2. The van der Waals surface area contributed by atoms with Crippen LogP contribution in [0.15, 0.2) is 59.8 Å². The number of aryl methyl sites for hydroxylation is 1. The number of rotatable bonds is 9. The Morgan fingerprint density at radius 1 is 1.16 bits per heavy atom. The SMILES string of the molecule is CC(=O)Nc1cc2c(cc1F)c(=O)c(CNC(c1ccnc(CN)c1)[C@H]1CCCN(c3ccc(C)nc3)C1)cn2C1CC1. The van der Waals surface area contributed by atoms with Crippen molar-refractivity contribution in [1.82, 2.24) is 19.9 Å². The molecule has 1 aliphatic carbocycles. The van der Waals surface area contributed by atoms with Crippen molar-refractivity contribution in [3.8, 4) is 0 Å². The molecule has 1 aliphatic heterocycles.